The SMILES string of the molecule is CCNC(=S)N1CCc2cc(OC)c(OC)cc2[C@@H]1CNC(C)=O. The van der Waals surface area contributed by atoms with Crippen molar-refractivity contribution in [3.8, 4) is 11.5 Å². The summed E-state index contributed by atoms with van der Waals surface area (Å²) in [4.78, 5) is 13.5. The fourth-order valence-electron chi connectivity index (χ4n) is 2.98. The van der Waals surface area contributed by atoms with Crippen LogP contribution in [-0.2, 0) is 11.2 Å². The fraction of sp³-hybridized carbons (Fsp3) is 0.529. The summed E-state index contributed by atoms with van der Waals surface area (Å²) >= 11 is 5.52. The summed E-state index contributed by atoms with van der Waals surface area (Å²) in [5.74, 6) is 1.34. The van der Waals surface area contributed by atoms with Gasteiger partial charge in [0.2, 0.25) is 5.91 Å². The van der Waals surface area contributed by atoms with Crippen LogP contribution in [0.4, 0.5) is 0 Å². The van der Waals surface area contributed by atoms with Crippen LogP contribution in [0.5, 0.6) is 11.5 Å². The lowest BCUT2D eigenvalue weighted by Crippen LogP contribution is -2.48. The highest BCUT2D eigenvalue weighted by Gasteiger charge is 2.30. The van der Waals surface area contributed by atoms with Gasteiger partial charge in [-0.3, -0.25) is 4.79 Å². The third-order valence-corrected chi connectivity index (χ3v) is 4.51. The summed E-state index contributed by atoms with van der Waals surface area (Å²) in [6.07, 6.45) is 0.859. The number of ether oxygens (including phenoxy) is 2. The number of nitrogens with one attached hydrogen (secondary N) is 2. The number of methoxy groups -OCH3 is 2. The van der Waals surface area contributed by atoms with Crippen LogP contribution in [0.1, 0.15) is 31.0 Å². The Kier molecular flexibility index (Phi) is 6.25. The molecule has 2 rings (SSSR count). The molecule has 6 nitrogen and oxygen atoms in total. The molecule has 0 radical (unpaired) electrons. The molecule has 0 fully saturated rings. The lowest BCUT2D eigenvalue weighted by atomic mass is 9.92. The van der Waals surface area contributed by atoms with E-state index in [2.05, 4.69) is 15.5 Å². The maximum absolute atomic E-state index is 11.4. The quantitative estimate of drug-likeness (QED) is 0.787. The van der Waals surface area contributed by atoms with Crippen molar-refractivity contribution >= 4 is 23.2 Å². The molecule has 1 aromatic rings. The van der Waals surface area contributed by atoms with Crippen molar-refractivity contribution in [2.75, 3.05) is 33.9 Å². The highest BCUT2D eigenvalue weighted by atomic mass is 32.1. The van der Waals surface area contributed by atoms with Gasteiger partial charge in [0.1, 0.15) is 0 Å². The van der Waals surface area contributed by atoms with Crippen LogP contribution < -0.4 is 20.1 Å². The van der Waals surface area contributed by atoms with Crippen molar-refractivity contribution in [3.63, 3.8) is 0 Å². The molecule has 0 aromatic heterocycles. The van der Waals surface area contributed by atoms with Crippen molar-refractivity contribution in [2.24, 2.45) is 0 Å². The summed E-state index contributed by atoms with van der Waals surface area (Å²) in [5.41, 5.74) is 2.30. The lowest BCUT2D eigenvalue weighted by molar-refractivity contribution is -0.119. The molecule has 132 valence electrons. The Balaban J connectivity index is 2.41. The van der Waals surface area contributed by atoms with E-state index >= 15 is 0 Å². The van der Waals surface area contributed by atoms with Gasteiger partial charge in [-0.05, 0) is 48.8 Å². The zero-order chi connectivity index (χ0) is 17.7. The van der Waals surface area contributed by atoms with E-state index in [0.29, 0.717) is 17.4 Å². The maximum Gasteiger partial charge on any atom is 0.216 e. The van der Waals surface area contributed by atoms with Crippen molar-refractivity contribution in [3.05, 3.63) is 23.3 Å². The molecular formula is C17H25N3O3S. The number of hydrogen-bond donors (Lipinski definition) is 2. The summed E-state index contributed by atoms with van der Waals surface area (Å²) in [7, 11) is 3.26. The Labute approximate surface area is 148 Å². The molecule has 0 bridgehead atoms. The van der Waals surface area contributed by atoms with E-state index < -0.39 is 0 Å². The summed E-state index contributed by atoms with van der Waals surface area (Å²) in [6.45, 7) is 5.58. The largest absolute Gasteiger partial charge is 0.493 e. The Bertz CT molecular complexity index is 621. The zero-order valence-electron chi connectivity index (χ0n) is 14.6. The Morgan fingerprint density at radius 3 is 2.54 bits per heavy atom. The second-order valence-electron chi connectivity index (χ2n) is 5.64. The molecule has 1 aliphatic rings. The first-order valence-corrected chi connectivity index (χ1v) is 8.46. The van der Waals surface area contributed by atoms with Gasteiger partial charge in [-0.15, -0.1) is 0 Å². The predicted molar refractivity (Wildman–Crippen MR) is 97.7 cm³/mol. The number of carbonyl (C=O) groups is 1. The van der Waals surface area contributed by atoms with E-state index in [0.717, 1.165) is 30.8 Å². The second-order valence-corrected chi connectivity index (χ2v) is 6.02. The zero-order valence-corrected chi connectivity index (χ0v) is 15.5. The van der Waals surface area contributed by atoms with Crippen LogP contribution in [0.25, 0.3) is 0 Å². The number of fused-ring (bicyclic) bond motifs is 1. The smallest absolute Gasteiger partial charge is 0.216 e. The van der Waals surface area contributed by atoms with Crippen LogP contribution in [0.2, 0.25) is 0 Å². The first-order chi connectivity index (χ1) is 11.5. The maximum atomic E-state index is 11.4. The first kappa shape index (κ1) is 18.3. The number of nitrogens with zero attached hydrogens (tertiary/aromatic N) is 1. The number of rotatable bonds is 5. The Hall–Kier alpha value is -2.02. The molecule has 0 saturated carbocycles. The normalized spacial score (nSPS) is 16.2. The van der Waals surface area contributed by atoms with Crippen LogP contribution >= 0.6 is 12.2 Å². The van der Waals surface area contributed by atoms with Gasteiger partial charge in [-0.25, -0.2) is 0 Å². The molecular weight excluding hydrogens is 326 g/mol. The summed E-state index contributed by atoms with van der Waals surface area (Å²) in [6, 6.07) is 3.97. The van der Waals surface area contributed by atoms with E-state index in [1.54, 1.807) is 14.2 Å². The van der Waals surface area contributed by atoms with Gasteiger partial charge in [-0.1, -0.05) is 0 Å². The van der Waals surface area contributed by atoms with E-state index in [-0.39, 0.29) is 11.9 Å². The van der Waals surface area contributed by atoms with Gasteiger partial charge < -0.3 is 25.0 Å². The average molecular weight is 351 g/mol. The fourth-order valence-corrected chi connectivity index (χ4v) is 3.35. The van der Waals surface area contributed by atoms with Crippen molar-refractivity contribution in [1.29, 1.82) is 0 Å². The molecule has 0 saturated heterocycles. The molecule has 2 N–H and O–H groups in total. The number of hydrogen-bond acceptors (Lipinski definition) is 4. The summed E-state index contributed by atoms with van der Waals surface area (Å²) < 4.78 is 10.8. The predicted octanol–water partition coefficient (Wildman–Crippen LogP) is 1.63. The van der Waals surface area contributed by atoms with Gasteiger partial charge in [-0.2, -0.15) is 0 Å². The van der Waals surface area contributed by atoms with Gasteiger partial charge >= 0.3 is 0 Å². The third kappa shape index (κ3) is 3.90. The van der Waals surface area contributed by atoms with Gasteiger partial charge in [0.05, 0.1) is 20.3 Å². The van der Waals surface area contributed by atoms with Crippen LogP contribution in [0, 0.1) is 0 Å². The molecule has 0 aliphatic carbocycles. The Morgan fingerprint density at radius 1 is 1.29 bits per heavy atom. The van der Waals surface area contributed by atoms with E-state index in [4.69, 9.17) is 21.7 Å². The Morgan fingerprint density at radius 2 is 1.96 bits per heavy atom. The van der Waals surface area contributed by atoms with Crippen molar-refractivity contribution in [2.45, 2.75) is 26.3 Å². The summed E-state index contributed by atoms with van der Waals surface area (Å²) in [5, 5.41) is 6.81. The van der Waals surface area contributed by atoms with Crippen LogP contribution in [0.15, 0.2) is 12.1 Å². The van der Waals surface area contributed by atoms with Gasteiger partial charge in [0, 0.05) is 26.6 Å². The number of benzene rings is 1. The molecule has 0 unspecified atom stereocenters. The topological polar surface area (TPSA) is 62.8 Å². The monoisotopic (exact) mass is 351 g/mol. The highest BCUT2D eigenvalue weighted by molar-refractivity contribution is 7.80. The number of thiocarbonyl (C=S) groups is 1. The van der Waals surface area contributed by atoms with E-state index in [1.165, 1.54) is 12.5 Å². The second kappa shape index (κ2) is 8.19. The molecule has 1 aromatic carbocycles. The minimum absolute atomic E-state index is 0.0380. The molecule has 1 atom stereocenters. The molecule has 1 aliphatic heterocycles. The molecule has 1 heterocycles. The minimum atomic E-state index is -0.0584. The minimum Gasteiger partial charge on any atom is -0.493 e. The first-order valence-electron chi connectivity index (χ1n) is 8.05. The molecule has 1 amide bonds. The van der Waals surface area contributed by atoms with Gasteiger partial charge in [0.25, 0.3) is 0 Å². The van der Waals surface area contributed by atoms with E-state index in [1.807, 2.05) is 19.1 Å². The lowest BCUT2D eigenvalue weighted by Gasteiger charge is -2.39. The molecule has 0 spiro atoms. The number of amides is 1. The molecule has 24 heavy (non-hydrogen) atoms. The van der Waals surface area contributed by atoms with Crippen molar-refractivity contribution < 1.29 is 14.3 Å². The number of carbonyl (C=O) groups excluding carboxylic acids is 1. The van der Waals surface area contributed by atoms with Gasteiger partial charge in [0.15, 0.2) is 16.6 Å². The molecule has 7 heteroatoms. The van der Waals surface area contributed by atoms with E-state index in [9.17, 15) is 4.79 Å². The standard InChI is InChI=1S/C17H25N3O3S/c1-5-18-17(24)20-7-6-12-8-15(22-3)16(23-4)9-13(12)14(20)10-19-11(2)21/h8-9,14H,5-7,10H2,1-4H3,(H,18,24)(H,19,21)/t14-/m0/s1. The van der Waals surface area contributed by atoms with Crippen molar-refractivity contribution in [1.82, 2.24) is 15.5 Å². The highest BCUT2D eigenvalue weighted by Crippen LogP contribution is 2.37. The third-order valence-electron chi connectivity index (χ3n) is 4.14. The van der Waals surface area contributed by atoms with Crippen LogP contribution in [-0.4, -0.2) is 49.8 Å². The average Bonchev–Trinajstić information content (AvgIpc) is 2.58. The van der Waals surface area contributed by atoms with Crippen LogP contribution in [0.3, 0.4) is 0 Å².